The summed E-state index contributed by atoms with van der Waals surface area (Å²) in [5.41, 5.74) is 2.99. The van der Waals surface area contributed by atoms with Gasteiger partial charge in [0.05, 0.1) is 12.1 Å². The molecule has 0 aromatic carbocycles. The van der Waals surface area contributed by atoms with Crippen LogP contribution < -0.4 is 5.32 Å². The zero-order valence-corrected chi connectivity index (χ0v) is 15.2. The summed E-state index contributed by atoms with van der Waals surface area (Å²) in [6, 6.07) is 1.94. The smallest absolute Gasteiger partial charge is 0.252 e. The van der Waals surface area contributed by atoms with Crippen molar-refractivity contribution in [3.05, 3.63) is 33.8 Å². The molecule has 1 aliphatic rings. The molecular weight excluding hydrogens is 336 g/mol. The number of rotatable bonds is 3. The molecule has 0 unspecified atom stereocenters. The van der Waals surface area contributed by atoms with Gasteiger partial charge in [-0.05, 0) is 45.6 Å². The minimum absolute atomic E-state index is 0.117. The van der Waals surface area contributed by atoms with Crippen LogP contribution in [0.15, 0.2) is 6.07 Å². The summed E-state index contributed by atoms with van der Waals surface area (Å²) in [5, 5.41) is 7.96. The number of carbonyl (C=O) groups is 1. The van der Waals surface area contributed by atoms with Crippen LogP contribution in [-0.4, -0.2) is 30.5 Å². The molecule has 3 aromatic rings. The zero-order valence-electron chi connectivity index (χ0n) is 14.4. The molecule has 4 rings (SSSR count). The molecule has 0 saturated carbocycles. The molecule has 0 aliphatic heterocycles. The second-order valence-electron chi connectivity index (χ2n) is 6.45. The van der Waals surface area contributed by atoms with Crippen LogP contribution in [-0.2, 0) is 24.1 Å². The minimum atomic E-state index is -0.144. The van der Waals surface area contributed by atoms with E-state index in [0.29, 0.717) is 16.7 Å². The van der Waals surface area contributed by atoms with E-state index in [4.69, 9.17) is 0 Å². The Labute approximate surface area is 149 Å². The Morgan fingerprint density at radius 2 is 2.04 bits per heavy atom. The standard InChI is InChI=1S/C17H20N6OS/c1-10-8-11(2)23-16(18-10)20-14(22-23)9-15(24)21-17-19-12-6-4-3-5-7-13(12)25-17/h8H,3-7,9H2,1-2H3,(H,19,21,24). The first kappa shape index (κ1) is 16.1. The van der Waals surface area contributed by atoms with Crippen molar-refractivity contribution < 1.29 is 4.79 Å². The predicted octanol–water partition coefficient (Wildman–Crippen LogP) is 2.65. The van der Waals surface area contributed by atoms with Crippen LogP contribution in [0, 0.1) is 13.8 Å². The number of nitrogens with zero attached hydrogens (tertiary/aromatic N) is 5. The van der Waals surface area contributed by atoms with Gasteiger partial charge in [0.25, 0.3) is 5.78 Å². The second-order valence-corrected chi connectivity index (χ2v) is 7.54. The van der Waals surface area contributed by atoms with Gasteiger partial charge in [0, 0.05) is 16.3 Å². The number of thiazole rings is 1. The SMILES string of the molecule is Cc1cc(C)n2nc(CC(=O)Nc3nc4c(s3)CCCCC4)nc2n1. The van der Waals surface area contributed by atoms with Gasteiger partial charge < -0.3 is 5.32 Å². The van der Waals surface area contributed by atoms with Crippen molar-refractivity contribution in [1.29, 1.82) is 0 Å². The van der Waals surface area contributed by atoms with E-state index in [1.54, 1.807) is 15.9 Å². The molecule has 0 saturated heterocycles. The van der Waals surface area contributed by atoms with Gasteiger partial charge in [0.15, 0.2) is 11.0 Å². The third-order valence-electron chi connectivity index (χ3n) is 4.32. The Morgan fingerprint density at radius 3 is 2.92 bits per heavy atom. The van der Waals surface area contributed by atoms with Crippen LogP contribution in [0.1, 0.15) is 47.0 Å². The lowest BCUT2D eigenvalue weighted by Gasteiger charge is -1.99. The molecule has 0 atom stereocenters. The fourth-order valence-electron chi connectivity index (χ4n) is 3.17. The molecule has 1 amide bonds. The summed E-state index contributed by atoms with van der Waals surface area (Å²) < 4.78 is 1.67. The van der Waals surface area contributed by atoms with Crippen LogP contribution >= 0.6 is 11.3 Å². The molecule has 3 heterocycles. The average Bonchev–Trinajstić information content (AvgIpc) is 3.04. The monoisotopic (exact) mass is 356 g/mol. The van der Waals surface area contributed by atoms with Crippen molar-refractivity contribution in [3.8, 4) is 0 Å². The fraction of sp³-hybridized carbons (Fsp3) is 0.471. The second kappa shape index (κ2) is 6.51. The van der Waals surface area contributed by atoms with Gasteiger partial charge in [-0.2, -0.15) is 4.98 Å². The van der Waals surface area contributed by atoms with Crippen molar-refractivity contribution >= 4 is 28.2 Å². The number of aromatic nitrogens is 5. The lowest BCUT2D eigenvalue weighted by atomic mass is 10.2. The third kappa shape index (κ3) is 3.39. The van der Waals surface area contributed by atoms with E-state index in [1.165, 1.54) is 24.1 Å². The summed E-state index contributed by atoms with van der Waals surface area (Å²) in [4.78, 5) is 26.9. The van der Waals surface area contributed by atoms with Crippen molar-refractivity contribution in [2.24, 2.45) is 0 Å². The van der Waals surface area contributed by atoms with Crippen molar-refractivity contribution in [2.75, 3.05) is 5.32 Å². The van der Waals surface area contributed by atoms with E-state index in [1.807, 2.05) is 19.9 Å². The van der Waals surface area contributed by atoms with Crippen molar-refractivity contribution in [3.63, 3.8) is 0 Å². The van der Waals surface area contributed by atoms with E-state index in [-0.39, 0.29) is 12.3 Å². The molecule has 25 heavy (non-hydrogen) atoms. The maximum atomic E-state index is 12.3. The van der Waals surface area contributed by atoms with Crippen LogP contribution in [0.5, 0.6) is 0 Å². The van der Waals surface area contributed by atoms with Crippen LogP contribution in [0.4, 0.5) is 5.13 Å². The summed E-state index contributed by atoms with van der Waals surface area (Å²) in [6.45, 7) is 3.86. The Hall–Kier alpha value is -2.35. The lowest BCUT2D eigenvalue weighted by Crippen LogP contribution is -2.15. The Kier molecular flexibility index (Phi) is 4.20. The number of fused-ring (bicyclic) bond motifs is 2. The number of nitrogens with one attached hydrogen (secondary N) is 1. The summed E-state index contributed by atoms with van der Waals surface area (Å²) in [6.07, 6.45) is 5.85. The molecule has 7 nitrogen and oxygen atoms in total. The van der Waals surface area contributed by atoms with Gasteiger partial charge in [-0.15, -0.1) is 16.4 Å². The average molecular weight is 356 g/mol. The number of carbonyl (C=O) groups excluding carboxylic acids is 1. The number of hydrogen-bond donors (Lipinski definition) is 1. The van der Waals surface area contributed by atoms with E-state index in [2.05, 4.69) is 25.4 Å². The highest BCUT2D eigenvalue weighted by Gasteiger charge is 2.17. The summed E-state index contributed by atoms with van der Waals surface area (Å²) in [7, 11) is 0. The molecule has 0 spiro atoms. The topological polar surface area (TPSA) is 85.1 Å². The maximum absolute atomic E-state index is 12.3. The Bertz CT molecular complexity index is 921. The molecule has 0 fully saturated rings. The van der Waals surface area contributed by atoms with Gasteiger partial charge in [0.2, 0.25) is 5.91 Å². The van der Waals surface area contributed by atoms with Crippen LogP contribution in [0.2, 0.25) is 0 Å². The van der Waals surface area contributed by atoms with Gasteiger partial charge in [-0.25, -0.2) is 14.5 Å². The maximum Gasteiger partial charge on any atom is 0.252 e. The molecule has 0 bridgehead atoms. The van der Waals surface area contributed by atoms with Gasteiger partial charge in [-0.1, -0.05) is 6.42 Å². The van der Waals surface area contributed by atoms with Crippen LogP contribution in [0.3, 0.4) is 0 Å². The molecule has 1 N–H and O–H groups in total. The van der Waals surface area contributed by atoms with Gasteiger partial charge in [0.1, 0.15) is 0 Å². The Balaban J connectivity index is 1.48. The lowest BCUT2D eigenvalue weighted by molar-refractivity contribution is -0.115. The molecule has 3 aromatic heterocycles. The first-order valence-corrected chi connectivity index (χ1v) is 9.38. The number of amides is 1. The van der Waals surface area contributed by atoms with E-state index in [0.717, 1.165) is 29.9 Å². The molecule has 130 valence electrons. The molecule has 0 radical (unpaired) electrons. The van der Waals surface area contributed by atoms with Crippen molar-refractivity contribution in [2.45, 2.75) is 52.4 Å². The molecule has 8 heteroatoms. The number of aryl methyl sites for hydroxylation is 4. The highest BCUT2D eigenvalue weighted by Crippen LogP contribution is 2.28. The van der Waals surface area contributed by atoms with E-state index < -0.39 is 0 Å². The molecular formula is C17H20N6OS. The zero-order chi connectivity index (χ0) is 17.4. The number of anilines is 1. The van der Waals surface area contributed by atoms with Gasteiger partial charge in [-0.3, -0.25) is 4.79 Å². The van der Waals surface area contributed by atoms with E-state index in [9.17, 15) is 4.79 Å². The Morgan fingerprint density at radius 1 is 1.20 bits per heavy atom. The minimum Gasteiger partial charge on any atom is -0.302 e. The summed E-state index contributed by atoms with van der Waals surface area (Å²) >= 11 is 1.60. The molecule has 1 aliphatic carbocycles. The quantitative estimate of drug-likeness (QED) is 0.729. The normalized spacial score (nSPS) is 14.3. The van der Waals surface area contributed by atoms with Crippen LogP contribution in [0.25, 0.3) is 5.78 Å². The fourth-order valence-corrected chi connectivity index (χ4v) is 4.24. The summed E-state index contributed by atoms with van der Waals surface area (Å²) in [5.74, 6) is 0.854. The first-order chi connectivity index (χ1) is 12.1. The highest BCUT2D eigenvalue weighted by atomic mass is 32.1. The largest absolute Gasteiger partial charge is 0.302 e. The van der Waals surface area contributed by atoms with E-state index >= 15 is 0 Å². The third-order valence-corrected chi connectivity index (χ3v) is 5.40. The van der Waals surface area contributed by atoms with Crippen molar-refractivity contribution in [1.82, 2.24) is 24.6 Å². The van der Waals surface area contributed by atoms with Gasteiger partial charge >= 0.3 is 0 Å². The number of hydrogen-bond acceptors (Lipinski definition) is 6. The predicted molar refractivity (Wildman–Crippen MR) is 96.0 cm³/mol. The first-order valence-electron chi connectivity index (χ1n) is 8.57. The highest BCUT2D eigenvalue weighted by molar-refractivity contribution is 7.15.